The van der Waals surface area contributed by atoms with Gasteiger partial charge in [-0.2, -0.15) is 0 Å². The summed E-state index contributed by atoms with van der Waals surface area (Å²) < 4.78 is 13.2. The summed E-state index contributed by atoms with van der Waals surface area (Å²) in [4.78, 5) is 25.5. The van der Waals surface area contributed by atoms with Gasteiger partial charge >= 0.3 is 0 Å². The second-order valence-corrected chi connectivity index (χ2v) is 5.76. The zero-order valence-electron chi connectivity index (χ0n) is 12.0. The molecule has 0 unspecified atom stereocenters. The Kier molecular flexibility index (Phi) is 4.30. The molecule has 0 fully saturated rings. The van der Waals surface area contributed by atoms with Crippen molar-refractivity contribution in [2.24, 2.45) is 0 Å². The summed E-state index contributed by atoms with van der Waals surface area (Å²) in [6, 6.07) is 15.7. The van der Waals surface area contributed by atoms with E-state index >= 15 is 0 Å². The number of benzene rings is 2. The van der Waals surface area contributed by atoms with Crippen molar-refractivity contribution in [3.8, 4) is 0 Å². The number of ketones is 1. The fraction of sp³-hybridized carbons (Fsp3) is 0. The standard InChI is InChI=1S/C18H12FNO2S/c19-12-5-3-6-13(11-12)20-18(22)15-8-2-1-7-14(15)17(21)16-9-4-10-23-16/h1-11H,(H,20,22). The molecule has 2 aromatic carbocycles. The molecule has 3 aromatic rings. The van der Waals surface area contributed by atoms with Crippen LogP contribution in [0.3, 0.4) is 0 Å². The third-order valence-electron chi connectivity index (χ3n) is 3.24. The Morgan fingerprint density at radius 3 is 2.39 bits per heavy atom. The summed E-state index contributed by atoms with van der Waals surface area (Å²) in [6.45, 7) is 0. The predicted octanol–water partition coefficient (Wildman–Crippen LogP) is 4.37. The minimum atomic E-state index is -0.448. The molecule has 0 radical (unpaired) electrons. The van der Waals surface area contributed by atoms with Gasteiger partial charge in [-0.3, -0.25) is 9.59 Å². The summed E-state index contributed by atoms with van der Waals surface area (Å²) in [6.07, 6.45) is 0. The molecule has 0 aliphatic carbocycles. The van der Waals surface area contributed by atoms with Gasteiger partial charge in [0.25, 0.3) is 5.91 Å². The van der Waals surface area contributed by atoms with E-state index in [1.165, 1.54) is 29.5 Å². The first-order chi connectivity index (χ1) is 11.1. The van der Waals surface area contributed by atoms with Crippen molar-refractivity contribution in [1.82, 2.24) is 0 Å². The minimum Gasteiger partial charge on any atom is -0.322 e. The van der Waals surface area contributed by atoms with Crippen LogP contribution in [-0.2, 0) is 0 Å². The van der Waals surface area contributed by atoms with E-state index in [0.29, 0.717) is 16.1 Å². The second kappa shape index (κ2) is 6.54. The average Bonchev–Trinajstić information content (AvgIpc) is 3.08. The Labute approximate surface area is 136 Å². The topological polar surface area (TPSA) is 46.2 Å². The maximum Gasteiger partial charge on any atom is 0.256 e. The number of hydrogen-bond donors (Lipinski definition) is 1. The van der Waals surface area contributed by atoms with E-state index < -0.39 is 11.7 Å². The maximum atomic E-state index is 13.2. The maximum absolute atomic E-state index is 13.2. The Balaban J connectivity index is 1.91. The first-order valence-electron chi connectivity index (χ1n) is 6.89. The zero-order valence-corrected chi connectivity index (χ0v) is 12.8. The van der Waals surface area contributed by atoms with Crippen LogP contribution >= 0.6 is 11.3 Å². The zero-order chi connectivity index (χ0) is 16.2. The van der Waals surface area contributed by atoms with Crippen molar-refractivity contribution < 1.29 is 14.0 Å². The molecule has 1 heterocycles. The molecule has 0 aliphatic rings. The van der Waals surface area contributed by atoms with Crippen LogP contribution < -0.4 is 5.32 Å². The van der Waals surface area contributed by atoms with E-state index in [1.54, 1.807) is 42.5 Å². The number of thiophene rings is 1. The minimum absolute atomic E-state index is 0.204. The van der Waals surface area contributed by atoms with E-state index in [0.717, 1.165) is 0 Å². The Hall–Kier alpha value is -2.79. The predicted molar refractivity (Wildman–Crippen MR) is 88.5 cm³/mol. The fourth-order valence-corrected chi connectivity index (χ4v) is 2.86. The summed E-state index contributed by atoms with van der Waals surface area (Å²) in [7, 11) is 0. The molecule has 5 heteroatoms. The van der Waals surface area contributed by atoms with Crippen molar-refractivity contribution in [1.29, 1.82) is 0 Å². The number of hydrogen-bond acceptors (Lipinski definition) is 3. The Morgan fingerprint density at radius 2 is 1.70 bits per heavy atom. The summed E-state index contributed by atoms with van der Waals surface area (Å²) in [5.74, 6) is -1.09. The van der Waals surface area contributed by atoms with Crippen LogP contribution in [0.5, 0.6) is 0 Å². The van der Waals surface area contributed by atoms with Crippen LogP contribution in [0.15, 0.2) is 66.0 Å². The van der Waals surface area contributed by atoms with E-state index in [4.69, 9.17) is 0 Å². The van der Waals surface area contributed by atoms with E-state index in [-0.39, 0.29) is 11.3 Å². The molecule has 0 saturated carbocycles. The van der Waals surface area contributed by atoms with Gasteiger partial charge < -0.3 is 5.32 Å². The molecule has 0 bridgehead atoms. The van der Waals surface area contributed by atoms with Crippen molar-refractivity contribution >= 4 is 28.7 Å². The van der Waals surface area contributed by atoms with Gasteiger partial charge in [0, 0.05) is 11.3 Å². The van der Waals surface area contributed by atoms with Gasteiger partial charge in [0.2, 0.25) is 5.78 Å². The number of rotatable bonds is 4. The SMILES string of the molecule is O=C(Nc1cccc(F)c1)c1ccccc1C(=O)c1cccs1. The van der Waals surface area contributed by atoms with Crippen LogP contribution in [0.1, 0.15) is 25.6 Å². The van der Waals surface area contributed by atoms with Crippen LogP contribution in [0.4, 0.5) is 10.1 Å². The highest BCUT2D eigenvalue weighted by Crippen LogP contribution is 2.19. The third-order valence-corrected chi connectivity index (χ3v) is 4.11. The third kappa shape index (κ3) is 3.35. The summed E-state index contributed by atoms with van der Waals surface area (Å²) in [5.41, 5.74) is 0.924. The first kappa shape index (κ1) is 15.1. The molecule has 0 saturated heterocycles. The molecular weight excluding hydrogens is 313 g/mol. The van der Waals surface area contributed by atoms with E-state index in [2.05, 4.69) is 5.32 Å². The van der Waals surface area contributed by atoms with Gasteiger partial charge in [-0.1, -0.05) is 30.3 Å². The van der Waals surface area contributed by atoms with Crippen molar-refractivity contribution in [2.75, 3.05) is 5.32 Å². The van der Waals surface area contributed by atoms with E-state index in [1.807, 2.05) is 5.38 Å². The fourth-order valence-electron chi connectivity index (χ4n) is 2.18. The molecule has 0 atom stereocenters. The highest BCUT2D eigenvalue weighted by atomic mass is 32.1. The van der Waals surface area contributed by atoms with Crippen molar-refractivity contribution in [3.63, 3.8) is 0 Å². The molecule has 3 rings (SSSR count). The number of halogens is 1. The van der Waals surface area contributed by atoms with Crippen LogP contribution in [-0.4, -0.2) is 11.7 Å². The van der Waals surface area contributed by atoms with Gasteiger partial charge in [-0.05, 0) is 35.7 Å². The van der Waals surface area contributed by atoms with Crippen molar-refractivity contribution in [3.05, 3.63) is 87.9 Å². The molecular formula is C18H12FNO2S. The highest BCUT2D eigenvalue weighted by molar-refractivity contribution is 7.12. The van der Waals surface area contributed by atoms with Gasteiger partial charge in [-0.15, -0.1) is 11.3 Å². The quantitative estimate of drug-likeness (QED) is 0.724. The van der Waals surface area contributed by atoms with Crippen molar-refractivity contribution in [2.45, 2.75) is 0 Å². The van der Waals surface area contributed by atoms with Gasteiger partial charge in [0.1, 0.15) is 5.82 Å². The van der Waals surface area contributed by atoms with Gasteiger partial charge in [-0.25, -0.2) is 4.39 Å². The number of anilines is 1. The number of carbonyl (C=O) groups excluding carboxylic acids is 2. The molecule has 114 valence electrons. The normalized spacial score (nSPS) is 10.3. The second-order valence-electron chi connectivity index (χ2n) is 4.82. The number of nitrogens with one attached hydrogen (secondary N) is 1. The summed E-state index contributed by atoms with van der Waals surface area (Å²) in [5, 5.41) is 4.42. The first-order valence-corrected chi connectivity index (χ1v) is 7.77. The number of amides is 1. The molecule has 0 aliphatic heterocycles. The molecule has 3 nitrogen and oxygen atoms in total. The lowest BCUT2D eigenvalue weighted by atomic mass is 10.0. The molecule has 1 N–H and O–H groups in total. The lowest BCUT2D eigenvalue weighted by Crippen LogP contribution is -2.16. The largest absolute Gasteiger partial charge is 0.322 e. The lowest BCUT2D eigenvalue weighted by Gasteiger charge is -2.09. The van der Waals surface area contributed by atoms with Crippen LogP contribution in [0.25, 0.3) is 0 Å². The molecule has 1 amide bonds. The highest BCUT2D eigenvalue weighted by Gasteiger charge is 2.18. The molecule has 1 aromatic heterocycles. The van der Waals surface area contributed by atoms with Gasteiger partial charge in [0.05, 0.1) is 10.4 Å². The molecule has 0 spiro atoms. The van der Waals surface area contributed by atoms with Crippen LogP contribution in [0.2, 0.25) is 0 Å². The monoisotopic (exact) mass is 325 g/mol. The Morgan fingerprint density at radius 1 is 0.913 bits per heavy atom. The van der Waals surface area contributed by atoms with Crippen LogP contribution in [0, 0.1) is 5.82 Å². The lowest BCUT2D eigenvalue weighted by molar-refractivity contribution is 0.0998. The van der Waals surface area contributed by atoms with Gasteiger partial charge in [0.15, 0.2) is 0 Å². The smallest absolute Gasteiger partial charge is 0.256 e. The number of carbonyl (C=O) groups is 2. The molecule has 23 heavy (non-hydrogen) atoms. The van der Waals surface area contributed by atoms with E-state index in [9.17, 15) is 14.0 Å². The Bertz CT molecular complexity index is 859. The summed E-state index contributed by atoms with van der Waals surface area (Å²) >= 11 is 1.32. The average molecular weight is 325 g/mol.